The minimum absolute atomic E-state index is 0.000480. The summed E-state index contributed by atoms with van der Waals surface area (Å²) in [5.74, 6) is 0. The molecule has 0 radical (unpaired) electrons. The summed E-state index contributed by atoms with van der Waals surface area (Å²) in [6, 6.07) is 10.7. The van der Waals surface area contributed by atoms with Gasteiger partial charge < -0.3 is 14.7 Å². The van der Waals surface area contributed by atoms with E-state index < -0.39 is 58.4 Å². The summed E-state index contributed by atoms with van der Waals surface area (Å²) >= 11 is 0. The molecule has 1 aliphatic heterocycles. The molecule has 1 N–H and O–H groups in total. The number of halogens is 7. The molecule has 35 heavy (non-hydrogen) atoms. The van der Waals surface area contributed by atoms with Gasteiger partial charge in [0.1, 0.15) is 13.3 Å². The number of carbonyl (C=O) groups is 1. The van der Waals surface area contributed by atoms with Crippen LogP contribution in [0.2, 0.25) is 0 Å². The number of alkyl halides is 7. The topological polar surface area (TPSA) is 66.8 Å². The number of benzene rings is 2. The minimum atomic E-state index is -6.05. The van der Waals surface area contributed by atoms with E-state index in [1.165, 1.54) is 12.1 Å². The van der Waals surface area contributed by atoms with Gasteiger partial charge in [0.2, 0.25) is 0 Å². The number of ether oxygens (including phenoxy) is 1. The van der Waals surface area contributed by atoms with E-state index in [2.05, 4.69) is 0 Å². The van der Waals surface area contributed by atoms with Crippen LogP contribution in [-0.2, 0) is 25.9 Å². The molecule has 1 heterocycles. The first kappa shape index (κ1) is 26.9. The summed E-state index contributed by atoms with van der Waals surface area (Å²) in [7, 11) is -1.90. The fraction of sp³-hybridized carbons (Fsp3) is 0.409. The molecule has 3 rings (SSSR count). The molecule has 5 nitrogen and oxygen atoms in total. The first-order chi connectivity index (χ1) is 16.3. The molecule has 13 heteroatoms. The standard InChI is InChI=1S/C22H20F7NO4S/c23-11-13-34-18(31)30-12-10-19(14-30,35(33)17-4-2-1-3-5-17)15-6-8-16(9-7-15)20(32,21(24,25)26)22(27,28)29/h1-9,32H,10-14H2. The number of likely N-dealkylation sites (tertiary alicyclic amines) is 1. The molecule has 192 valence electrons. The Hall–Kier alpha value is -2.67. The van der Waals surface area contributed by atoms with E-state index in [9.17, 15) is 44.8 Å². The molecule has 2 aromatic rings. The maximum absolute atomic E-state index is 13.6. The smallest absolute Gasteiger partial charge is 0.430 e. The Morgan fingerprint density at radius 1 is 1.00 bits per heavy atom. The van der Waals surface area contributed by atoms with Gasteiger partial charge in [-0.2, -0.15) is 26.3 Å². The SMILES string of the molecule is O=C(OCCF)N1CCC(c2ccc(C(O)(C(F)(F)F)C(F)(F)F)cc2)(S(=O)c2ccccc2)C1. The molecule has 2 aromatic carbocycles. The molecule has 0 aliphatic carbocycles. The van der Waals surface area contributed by atoms with Crippen LogP contribution in [0.25, 0.3) is 0 Å². The Morgan fingerprint density at radius 2 is 1.57 bits per heavy atom. The lowest BCUT2D eigenvalue weighted by Crippen LogP contribution is -2.53. The third kappa shape index (κ3) is 4.88. The van der Waals surface area contributed by atoms with Crippen molar-refractivity contribution in [2.24, 2.45) is 0 Å². The fourth-order valence-corrected chi connectivity index (χ4v) is 5.68. The lowest BCUT2D eigenvalue weighted by molar-refractivity contribution is -0.376. The number of amides is 1. The molecule has 1 fully saturated rings. The summed E-state index contributed by atoms with van der Waals surface area (Å²) in [5, 5.41) is 9.65. The number of carbonyl (C=O) groups excluding carboxylic acids is 1. The van der Waals surface area contributed by atoms with Crippen LogP contribution in [0.15, 0.2) is 59.5 Å². The van der Waals surface area contributed by atoms with Gasteiger partial charge in [0.25, 0.3) is 5.60 Å². The molecule has 2 unspecified atom stereocenters. The molecule has 2 atom stereocenters. The van der Waals surface area contributed by atoms with Crippen molar-refractivity contribution in [3.05, 3.63) is 65.7 Å². The van der Waals surface area contributed by atoms with Crippen LogP contribution in [0.5, 0.6) is 0 Å². The Kier molecular flexibility index (Phi) is 7.51. The molecule has 0 saturated carbocycles. The molecule has 1 amide bonds. The zero-order chi connectivity index (χ0) is 26.1. The number of rotatable bonds is 6. The first-order valence-corrected chi connectivity index (χ1v) is 11.3. The summed E-state index contributed by atoms with van der Waals surface area (Å²) in [4.78, 5) is 13.7. The highest BCUT2D eigenvalue weighted by Crippen LogP contribution is 2.50. The van der Waals surface area contributed by atoms with Gasteiger partial charge in [-0.15, -0.1) is 0 Å². The molecular formula is C22H20F7NO4S. The van der Waals surface area contributed by atoms with E-state index in [4.69, 9.17) is 4.74 Å². The lowest BCUT2D eigenvalue weighted by atomic mass is 9.89. The Bertz CT molecular complexity index is 1050. The van der Waals surface area contributed by atoms with E-state index >= 15 is 0 Å². The molecular weight excluding hydrogens is 507 g/mol. The molecule has 1 saturated heterocycles. The van der Waals surface area contributed by atoms with Crippen LogP contribution in [0.4, 0.5) is 35.5 Å². The van der Waals surface area contributed by atoms with Gasteiger partial charge in [-0.25, -0.2) is 9.18 Å². The quantitative estimate of drug-likeness (QED) is 0.548. The van der Waals surface area contributed by atoms with Gasteiger partial charge in [0, 0.05) is 23.5 Å². The maximum atomic E-state index is 13.6. The normalized spacial score (nSPS) is 20.1. The fourth-order valence-electron chi connectivity index (χ4n) is 3.92. The second kappa shape index (κ2) is 9.76. The molecule has 0 spiro atoms. The number of nitrogens with zero attached hydrogens (tertiary/aromatic N) is 1. The largest absolute Gasteiger partial charge is 0.447 e. The summed E-state index contributed by atoms with van der Waals surface area (Å²) < 4.78 is 109. The predicted molar refractivity (Wildman–Crippen MR) is 110 cm³/mol. The molecule has 0 bridgehead atoms. The van der Waals surface area contributed by atoms with Crippen LogP contribution in [0, 0.1) is 0 Å². The van der Waals surface area contributed by atoms with Crippen molar-refractivity contribution in [1.82, 2.24) is 4.90 Å². The second-order valence-electron chi connectivity index (χ2n) is 7.83. The third-order valence-corrected chi connectivity index (χ3v) is 7.73. The lowest BCUT2D eigenvalue weighted by Gasteiger charge is -2.34. The third-order valence-electron chi connectivity index (χ3n) is 5.75. The van der Waals surface area contributed by atoms with Gasteiger partial charge in [-0.05, 0) is 24.1 Å². The van der Waals surface area contributed by atoms with Crippen molar-refractivity contribution in [3.63, 3.8) is 0 Å². The van der Waals surface area contributed by atoms with Gasteiger partial charge in [-0.3, -0.25) is 4.21 Å². The Labute approximate surface area is 197 Å². The van der Waals surface area contributed by atoms with E-state index in [0.29, 0.717) is 17.0 Å². The zero-order valence-electron chi connectivity index (χ0n) is 17.9. The van der Waals surface area contributed by atoms with Gasteiger partial charge in [-0.1, -0.05) is 42.5 Å². The van der Waals surface area contributed by atoms with Gasteiger partial charge >= 0.3 is 18.4 Å². The van der Waals surface area contributed by atoms with Crippen molar-refractivity contribution < 1.29 is 49.6 Å². The Balaban J connectivity index is 2.05. The van der Waals surface area contributed by atoms with Crippen LogP contribution >= 0.6 is 0 Å². The number of hydrogen-bond donors (Lipinski definition) is 1. The second-order valence-corrected chi connectivity index (χ2v) is 9.62. The van der Waals surface area contributed by atoms with Crippen LogP contribution < -0.4 is 0 Å². The average molecular weight is 527 g/mol. The van der Waals surface area contributed by atoms with E-state index in [0.717, 1.165) is 17.0 Å². The number of hydrogen-bond acceptors (Lipinski definition) is 4. The average Bonchev–Trinajstić information content (AvgIpc) is 3.27. The highest BCUT2D eigenvalue weighted by Gasteiger charge is 2.71. The number of aliphatic hydroxyl groups is 1. The van der Waals surface area contributed by atoms with Crippen molar-refractivity contribution in [3.8, 4) is 0 Å². The van der Waals surface area contributed by atoms with E-state index in [1.54, 1.807) is 18.2 Å². The van der Waals surface area contributed by atoms with E-state index in [1.807, 2.05) is 0 Å². The van der Waals surface area contributed by atoms with Crippen molar-refractivity contribution in [2.45, 2.75) is 34.0 Å². The van der Waals surface area contributed by atoms with E-state index in [-0.39, 0.29) is 25.1 Å². The highest BCUT2D eigenvalue weighted by atomic mass is 32.2. The maximum Gasteiger partial charge on any atom is 0.430 e. The summed E-state index contributed by atoms with van der Waals surface area (Å²) in [6.45, 7) is -1.68. The summed E-state index contributed by atoms with van der Waals surface area (Å²) in [6.07, 6.45) is -13.0. The van der Waals surface area contributed by atoms with Gasteiger partial charge in [0.15, 0.2) is 0 Å². The zero-order valence-corrected chi connectivity index (χ0v) is 18.7. The monoisotopic (exact) mass is 527 g/mol. The van der Waals surface area contributed by atoms with Crippen LogP contribution in [-0.4, -0.2) is 59.0 Å². The molecule has 0 aromatic heterocycles. The van der Waals surface area contributed by atoms with Crippen LogP contribution in [0.3, 0.4) is 0 Å². The van der Waals surface area contributed by atoms with Crippen molar-refractivity contribution in [2.75, 3.05) is 26.4 Å². The van der Waals surface area contributed by atoms with Crippen molar-refractivity contribution in [1.29, 1.82) is 0 Å². The summed E-state index contributed by atoms with van der Waals surface area (Å²) in [5.41, 5.74) is -6.47. The van der Waals surface area contributed by atoms with Gasteiger partial charge in [0.05, 0.1) is 15.5 Å². The predicted octanol–water partition coefficient (Wildman–Crippen LogP) is 4.81. The first-order valence-electron chi connectivity index (χ1n) is 10.2. The Morgan fingerprint density at radius 3 is 2.09 bits per heavy atom. The molecule has 1 aliphatic rings. The van der Waals surface area contributed by atoms with Crippen LogP contribution in [0.1, 0.15) is 17.5 Å². The highest BCUT2D eigenvalue weighted by molar-refractivity contribution is 7.86. The minimum Gasteiger partial charge on any atom is -0.447 e. The van der Waals surface area contributed by atoms with Crippen molar-refractivity contribution >= 4 is 16.9 Å².